The van der Waals surface area contributed by atoms with Gasteiger partial charge in [0.15, 0.2) is 0 Å². The van der Waals surface area contributed by atoms with Gasteiger partial charge in [-0.25, -0.2) is 4.39 Å². The first kappa shape index (κ1) is 20.3. The molecule has 0 fully saturated rings. The Hall–Kier alpha value is -4.00. The minimum absolute atomic E-state index is 0.255. The van der Waals surface area contributed by atoms with Crippen molar-refractivity contribution in [1.29, 1.82) is 0 Å². The van der Waals surface area contributed by atoms with Crippen LogP contribution in [0, 0.1) is 12.7 Å². The molecule has 1 heterocycles. The van der Waals surface area contributed by atoms with Gasteiger partial charge in [-0.15, -0.1) is 0 Å². The van der Waals surface area contributed by atoms with Crippen LogP contribution in [-0.2, 0) is 9.59 Å². The zero-order valence-electron chi connectivity index (χ0n) is 16.8. The smallest absolute Gasteiger partial charge is 0.259 e. The minimum atomic E-state index is -1.04. The van der Waals surface area contributed by atoms with Gasteiger partial charge < -0.3 is 10.6 Å². The van der Waals surface area contributed by atoms with Crippen LogP contribution in [0.3, 0.4) is 0 Å². The van der Waals surface area contributed by atoms with E-state index in [0.717, 1.165) is 5.56 Å². The molecule has 4 rings (SSSR count). The number of anilines is 3. The Morgan fingerprint density at radius 1 is 1.00 bits per heavy atom. The molecule has 1 aliphatic rings. The zero-order chi connectivity index (χ0) is 22.0. The summed E-state index contributed by atoms with van der Waals surface area (Å²) in [5, 5.41) is 5.41. The van der Waals surface area contributed by atoms with Crippen molar-refractivity contribution in [2.24, 2.45) is 0 Å². The van der Waals surface area contributed by atoms with Gasteiger partial charge in [0.2, 0.25) is 11.8 Å². The van der Waals surface area contributed by atoms with E-state index in [9.17, 15) is 18.8 Å². The Bertz CT molecular complexity index is 1140. The fourth-order valence-electron chi connectivity index (χ4n) is 3.48. The van der Waals surface area contributed by atoms with E-state index in [0.29, 0.717) is 22.6 Å². The van der Waals surface area contributed by atoms with Crippen molar-refractivity contribution in [1.82, 2.24) is 0 Å². The van der Waals surface area contributed by atoms with Crippen molar-refractivity contribution in [3.8, 4) is 0 Å². The molecule has 2 N–H and O–H groups in total. The normalized spacial score (nSPS) is 15.1. The highest BCUT2D eigenvalue weighted by atomic mass is 19.1. The number of carbonyl (C=O) groups is 3. The van der Waals surface area contributed by atoms with E-state index in [4.69, 9.17) is 0 Å². The monoisotopic (exact) mass is 417 g/mol. The molecule has 3 amide bonds. The third-order valence-corrected chi connectivity index (χ3v) is 5.06. The molecule has 156 valence electrons. The topological polar surface area (TPSA) is 78.5 Å². The second kappa shape index (κ2) is 8.39. The van der Waals surface area contributed by atoms with Crippen LogP contribution in [0.1, 0.15) is 22.3 Å². The number of amides is 3. The maximum absolute atomic E-state index is 13.4. The summed E-state index contributed by atoms with van der Waals surface area (Å²) in [7, 11) is 0. The molecule has 3 aromatic carbocycles. The van der Waals surface area contributed by atoms with Crippen LogP contribution in [0.5, 0.6) is 0 Å². The summed E-state index contributed by atoms with van der Waals surface area (Å²) in [6, 6.07) is 18.3. The number of fused-ring (bicyclic) bond motifs is 1. The number of carbonyl (C=O) groups excluding carboxylic acids is 3. The Morgan fingerprint density at radius 3 is 2.39 bits per heavy atom. The van der Waals surface area contributed by atoms with Gasteiger partial charge in [0, 0.05) is 11.3 Å². The van der Waals surface area contributed by atoms with Crippen molar-refractivity contribution in [2.75, 3.05) is 15.5 Å². The highest BCUT2D eigenvalue weighted by Gasteiger charge is 2.38. The molecule has 0 spiro atoms. The lowest BCUT2D eigenvalue weighted by Crippen LogP contribution is -2.52. The molecule has 0 radical (unpaired) electrons. The van der Waals surface area contributed by atoms with E-state index in [2.05, 4.69) is 10.6 Å². The third-order valence-electron chi connectivity index (χ3n) is 5.06. The van der Waals surface area contributed by atoms with E-state index in [1.165, 1.54) is 29.2 Å². The number of hydrogen-bond acceptors (Lipinski definition) is 3. The second-order valence-electron chi connectivity index (χ2n) is 7.32. The summed E-state index contributed by atoms with van der Waals surface area (Å²) < 4.78 is 13.1. The SMILES string of the molecule is Cc1ccc(C(=O)N2c3ccccc3NC(=O)[C@@H]2CC(=O)Nc2ccc(F)cc2)cc1. The molecular formula is C24H20FN3O3. The summed E-state index contributed by atoms with van der Waals surface area (Å²) in [5.41, 5.74) is 2.84. The highest BCUT2D eigenvalue weighted by molar-refractivity contribution is 6.17. The first-order valence-electron chi connectivity index (χ1n) is 9.78. The van der Waals surface area contributed by atoms with Crippen molar-refractivity contribution in [3.05, 3.63) is 89.7 Å². The summed E-state index contributed by atoms with van der Waals surface area (Å²) in [5.74, 6) is -1.71. The molecule has 3 aromatic rings. The Kier molecular flexibility index (Phi) is 5.49. The van der Waals surface area contributed by atoms with E-state index in [1.807, 2.05) is 19.1 Å². The van der Waals surface area contributed by atoms with E-state index >= 15 is 0 Å². The van der Waals surface area contributed by atoms with E-state index < -0.39 is 23.7 Å². The molecule has 0 unspecified atom stereocenters. The molecule has 6 nitrogen and oxygen atoms in total. The van der Waals surface area contributed by atoms with E-state index in [1.54, 1.807) is 36.4 Å². The van der Waals surface area contributed by atoms with Crippen molar-refractivity contribution in [2.45, 2.75) is 19.4 Å². The van der Waals surface area contributed by atoms with Crippen LogP contribution < -0.4 is 15.5 Å². The van der Waals surface area contributed by atoms with Gasteiger partial charge in [-0.05, 0) is 55.5 Å². The average Bonchev–Trinajstić information content (AvgIpc) is 2.76. The summed E-state index contributed by atoms with van der Waals surface area (Å²) in [6.07, 6.45) is -0.255. The second-order valence-corrected chi connectivity index (χ2v) is 7.32. The highest BCUT2D eigenvalue weighted by Crippen LogP contribution is 2.34. The van der Waals surface area contributed by atoms with Crippen LogP contribution >= 0.6 is 0 Å². The van der Waals surface area contributed by atoms with Gasteiger partial charge in [0.1, 0.15) is 11.9 Å². The molecule has 1 aliphatic heterocycles. The third kappa shape index (κ3) is 4.30. The first-order valence-corrected chi connectivity index (χ1v) is 9.78. The number of rotatable bonds is 4. The Morgan fingerprint density at radius 2 is 1.68 bits per heavy atom. The van der Waals surface area contributed by atoms with Crippen LogP contribution in [0.4, 0.5) is 21.5 Å². The lowest BCUT2D eigenvalue weighted by molar-refractivity contribution is -0.122. The van der Waals surface area contributed by atoms with Gasteiger partial charge in [0.05, 0.1) is 17.8 Å². The molecule has 0 aliphatic carbocycles. The molecule has 0 saturated carbocycles. The molecule has 7 heteroatoms. The van der Waals surface area contributed by atoms with Gasteiger partial charge >= 0.3 is 0 Å². The number of para-hydroxylation sites is 2. The first-order chi connectivity index (χ1) is 14.9. The lowest BCUT2D eigenvalue weighted by Gasteiger charge is -2.36. The van der Waals surface area contributed by atoms with Gasteiger partial charge in [-0.1, -0.05) is 29.8 Å². The van der Waals surface area contributed by atoms with Gasteiger partial charge in [-0.2, -0.15) is 0 Å². The number of hydrogen-bond donors (Lipinski definition) is 2. The number of halogens is 1. The Balaban J connectivity index is 1.64. The van der Waals surface area contributed by atoms with Crippen LogP contribution in [-0.4, -0.2) is 23.8 Å². The molecule has 0 bridgehead atoms. The lowest BCUT2D eigenvalue weighted by atomic mass is 10.0. The predicted octanol–water partition coefficient (Wildman–Crippen LogP) is 4.13. The largest absolute Gasteiger partial charge is 0.326 e. The van der Waals surface area contributed by atoms with Gasteiger partial charge in [0.25, 0.3) is 5.91 Å². The maximum atomic E-state index is 13.4. The quantitative estimate of drug-likeness (QED) is 0.670. The van der Waals surface area contributed by atoms with Crippen molar-refractivity contribution < 1.29 is 18.8 Å². The summed E-state index contributed by atoms with van der Waals surface area (Å²) in [6.45, 7) is 1.92. The minimum Gasteiger partial charge on any atom is -0.326 e. The predicted molar refractivity (Wildman–Crippen MR) is 116 cm³/mol. The molecule has 0 aromatic heterocycles. The number of nitrogens with zero attached hydrogens (tertiary/aromatic N) is 1. The zero-order valence-corrected chi connectivity index (χ0v) is 16.8. The number of nitrogens with one attached hydrogen (secondary N) is 2. The van der Waals surface area contributed by atoms with Crippen LogP contribution in [0.25, 0.3) is 0 Å². The molecule has 31 heavy (non-hydrogen) atoms. The fraction of sp³-hybridized carbons (Fsp3) is 0.125. The average molecular weight is 417 g/mol. The molecular weight excluding hydrogens is 397 g/mol. The fourth-order valence-corrected chi connectivity index (χ4v) is 3.48. The van der Waals surface area contributed by atoms with E-state index in [-0.39, 0.29) is 12.3 Å². The van der Waals surface area contributed by atoms with Crippen LogP contribution in [0.15, 0.2) is 72.8 Å². The summed E-state index contributed by atoms with van der Waals surface area (Å²) in [4.78, 5) is 40.2. The number of aryl methyl sites for hydroxylation is 1. The van der Waals surface area contributed by atoms with Gasteiger partial charge in [-0.3, -0.25) is 19.3 Å². The standard InChI is InChI=1S/C24H20FN3O3/c1-15-6-8-16(9-7-15)24(31)28-20-5-3-2-4-19(20)27-23(30)21(28)14-22(29)26-18-12-10-17(25)11-13-18/h2-13,21H,14H2,1H3,(H,26,29)(H,27,30)/t21-/m0/s1. The van der Waals surface area contributed by atoms with Crippen molar-refractivity contribution in [3.63, 3.8) is 0 Å². The Labute approximate surface area is 178 Å². The molecule has 1 atom stereocenters. The molecule has 0 saturated heterocycles. The summed E-state index contributed by atoms with van der Waals surface area (Å²) >= 11 is 0. The van der Waals surface area contributed by atoms with Crippen molar-refractivity contribution >= 4 is 34.8 Å². The number of benzene rings is 3. The maximum Gasteiger partial charge on any atom is 0.259 e. The van der Waals surface area contributed by atoms with Crippen LogP contribution in [0.2, 0.25) is 0 Å².